The van der Waals surface area contributed by atoms with Gasteiger partial charge in [-0.15, -0.1) is 11.8 Å². The molecule has 2 atom stereocenters. The number of hydrogen-bond donors (Lipinski definition) is 0. The van der Waals surface area contributed by atoms with Crippen LogP contribution in [0.2, 0.25) is 10.0 Å². The maximum absolute atomic E-state index is 9.88. The number of hydrogen-bond acceptors (Lipinski definition) is 3. The minimum Gasteiger partial charge on any atom is -0.357 e. The van der Waals surface area contributed by atoms with Crippen LogP contribution >= 0.6 is 35.0 Å². The average molecular weight is 411 g/mol. The number of thioether (sulfide) groups is 1. The molecule has 2 unspecified atom stereocenters. The number of halogens is 2. The lowest BCUT2D eigenvalue weighted by molar-refractivity contribution is 0.625. The molecule has 0 amide bonds. The maximum atomic E-state index is 9.88. The summed E-state index contributed by atoms with van der Waals surface area (Å²) in [5.74, 6) is 0. The fourth-order valence-corrected chi connectivity index (χ4v) is 4.86. The summed E-state index contributed by atoms with van der Waals surface area (Å²) in [6.07, 6.45) is 0. The van der Waals surface area contributed by atoms with Crippen LogP contribution in [0, 0.1) is 11.3 Å². The van der Waals surface area contributed by atoms with E-state index in [9.17, 15) is 5.26 Å². The quantitative estimate of drug-likeness (QED) is 0.478. The molecule has 1 heterocycles. The van der Waals surface area contributed by atoms with Crippen molar-refractivity contribution in [3.63, 3.8) is 0 Å². The van der Waals surface area contributed by atoms with E-state index in [2.05, 4.69) is 23.1 Å². The average Bonchev–Trinajstić information content (AvgIpc) is 2.70. The fraction of sp³-hybridized carbons (Fsp3) is 0.136. The standard InChI is InChI=1S/C22H16Cl2N2S/c23-17-9-5-15(6-10-17)14-26-19-3-1-2-4-20(19)27-21(13-25)22(26)16-7-11-18(24)12-8-16/h1-12,21-22H,14H2. The van der Waals surface area contributed by atoms with Gasteiger partial charge in [-0.05, 0) is 47.5 Å². The van der Waals surface area contributed by atoms with Gasteiger partial charge in [0.25, 0.3) is 0 Å². The summed E-state index contributed by atoms with van der Waals surface area (Å²) in [6.45, 7) is 0.695. The van der Waals surface area contributed by atoms with Crippen LogP contribution in [-0.4, -0.2) is 5.25 Å². The Morgan fingerprint density at radius 3 is 2.19 bits per heavy atom. The number of rotatable bonds is 3. The second-order valence-electron chi connectivity index (χ2n) is 6.39. The summed E-state index contributed by atoms with van der Waals surface area (Å²) in [7, 11) is 0. The summed E-state index contributed by atoms with van der Waals surface area (Å²) >= 11 is 13.8. The van der Waals surface area contributed by atoms with Gasteiger partial charge in [-0.1, -0.05) is 59.6 Å². The number of fused-ring (bicyclic) bond motifs is 1. The van der Waals surface area contributed by atoms with Crippen LogP contribution < -0.4 is 4.90 Å². The maximum Gasteiger partial charge on any atom is 0.121 e. The van der Waals surface area contributed by atoms with Gasteiger partial charge in [0.1, 0.15) is 5.25 Å². The smallest absolute Gasteiger partial charge is 0.121 e. The fourth-order valence-electron chi connectivity index (χ4n) is 3.39. The van der Waals surface area contributed by atoms with E-state index in [1.807, 2.05) is 60.7 Å². The van der Waals surface area contributed by atoms with Gasteiger partial charge in [-0.25, -0.2) is 0 Å². The van der Waals surface area contributed by atoms with Crippen molar-refractivity contribution in [2.24, 2.45) is 0 Å². The number of nitriles is 1. The van der Waals surface area contributed by atoms with Crippen molar-refractivity contribution in [1.82, 2.24) is 0 Å². The van der Waals surface area contributed by atoms with E-state index in [1.54, 1.807) is 11.8 Å². The van der Waals surface area contributed by atoms with E-state index in [0.717, 1.165) is 26.7 Å². The Morgan fingerprint density at radius 1 is 0.889 bits per heavy atom. The second-order valence-corrected chi connectivity index (χ2v) is 8.44. The molecule has 3 aromatic carbocycles. The third-order valence-electron chi connectivity index (χ3n) is 4.66. The van der Waals surface area contributed by atoms with E-state index in [1.165, 1.54) is 0 Å². The number of benzene rings is 3. The summed E-state index contributed by atoms with van der Waals surface area (Å²) in [5, 5.41) is 11.1. The zero-order valence-electron chi connectivity index (χ0n) is 14.3. The highest BCUT2D eigenvalue weighted by Crippen LogP contribution is 2.48. The normalized spacial score (nSPS) is 18.6. The van der Waals surface area contributed by atoms with Gasteiger partial charge in [-0.3, -0.25) is 0 Å². The first-order chi connectivity index (χ1) is 13.2. The van der Waals surface area contributed by atoms with Crippen LogP contribution in [0.1, 0.15) is 17.2 Å². The molecule has 0 saturated heterocycles. The van der Waals surface area contributed by atoms with E-state index in [0.29, 0.717) is 11.6 Å². The molecule has 0 fully saturated rings. The predicted octanol–water partition coefficient (Wildman–Crippen LogP) is 6.74. The zero-order valence-corrected chi connectivity index (χ0v) is 16.7. The molecule has 0 bridgehead atoms. The first-order valence-corrected chi connectivity index (χ1v) is 10.2. The van der Waals surface area contributed by atoms with Crippen LogP contribution in [0.4, 0.5) is 5.69 Å². The van der Waals surface area contributed by atoms with E-state index in [-0.39, 0.29) is 11.3 Å². The molecule has 3 aromatic rings. The molecule has 0 aromatic heterocycles. The third kappa shape index (κ3) is 3.80. The van der Waals surface area contributed by atoms with Crippen LogP contribution in [-0.2, 0) is 6.54 Å². The highest BCUT2D eigenvalue weighted by atomic mass is 35.5. The first-order valence-electron chi connectivity index (χ1n) is 8.57. The topological polar surface area (TPSA) is 27.0 Å². The zero-order chi connectivity index (χ0) is 18.8. The molecule has 1 aliphatic heterocycles. The van der Waals surface area contributed by atoms with Gasteiger partial charge in [0, 0.05) is 21.5 Å². The lowest BCUT2D eigenvalue weighted by Crippen LogP contribution is -2.37. The molecule has 0 N–H and O–H groups in total. The second kappa shape index (κ2) is 7.86. The Hall–Kier alpha value is -2.12. The number of para-hydroxylation sites is 1. The van der Waals surface area contributed by atoms with Crippen LogP contribution in [0.3, 0.4) is 0 Å². The monoisotopic (exact) mass is 410 g/mol. The Morgan fingerprint density at radius 2 is 1.52 bits per heavy atom. The van der Waals surface area contributed by atoms with Crippen molar-refractivity contribution in [3.05, 3.63) is 94.0 Å². The lowest BCUT2D eigenvalue weighted by atomic mass is 9.99. The van der Waals surface area contributed by atoms with Crippen molar-refractivity contribution in [1.29, 1.82) is 5.26 Å². The number of anilines is 1. The van der Waals surface area contributed by atoms with Gasteiger partial charge in [0.15, 0.2) is 0 Å². The van der Waals surface area contributed by atoms with Crippen molar-refractivity contribution < 1.29 is 0 Å². The van der Waals surface area contributed by atoms with Crippen LogP contribution in [0.25, 0.3) is 0 Å². The molecule has 27 heavy (non-hydrogen) atoms. The summed E-state index contributed by atoms with van der Waals surface area (Å²) in [4.78, 5) is 3.44. The molecule has 134 valence electrons. The van der Waals surface area contributed by atoms with Crippen molar-refractivity contribution in [2.45, 2.75) is 22.7 Å². The lowest BCUT2D eigenvalue weighted by Gasteiger charge is -2.41. The molecular formula is C22H16Cl2N2S. The summed E-state index contributed by atoms with van der Waals surface area (Å²) in [5.41, 5.74) is 3.38. The molecule has 5 heteroatoms. The number of nitrogens with zero attached hydrogens (tertiary/aromatic N) is 2. The minimum atomic E-state index is -0.214. The van der Waals surface area contributed by atoms with Gasteiger partial charge < -0.3 is 4.90 Å². The van der Waals surface area contributed by atoms with Gasteiger partial charge in [0.05, 0.1) is 17.8 Å². The molecule has 4 rings (SSSR count). The van der Waals surface area contributed by atoms with Crippen molar-refractivity contribution in [3.8, 4) is 6.07 Å². The molecule has 0 saturated carbocycles. The Kier molecular flexibility index (Phi) is 5.31. The summed E-state index contributed by atoms with van der Waals surface area (Å²) in [6, 6.07) is 26.4. The third-order valence-corrected chi connectivity index (χ3v) is 6.38. The Bertz CT molecular complexity index is 980. The Balaban J connectivity index is 1.80. The first kappa shape index (κ1) is 18.3. The van der Waals surface area contributed by atoms with Gasteiger partial charge in [-0.2, -0.15) is 5.26 Å². The highest BCUT2D eigenvalue weighted by Gasteiger charge is 2.36. The van der Waals surface area contributed by atoms with E-state index < -0.39 is 0 Å². The molecule has 0 aliphatic carbocycles. The SMILES string of the molecule is N#CC1Sc2ccccc2N(Cc2ccc(Cl)cc2)C1c1ccc(Cl)cc1. The van der Waals surface area contributed by atoms with Crippen LogP contribution in [0.15, 0.2) is 77.7 Å². The summed E-state index contributed by atoms with van der Waals surface area (Å²) < 4.78 is 0. The van der Waals surface area contributed by atoms with Crippen molar-refractivity contribution in [2.75, 3.05) is 4.90 Å². The van der Waals surface area contributed by atoms with Crippen LogP contribution in [0.5, 0.6) is 0 Å². The molecule has 0 radical (unpaired) electrons. The molecule has 1 aliphatic rings. The molecule has 2 nitrogen and oxygen atoms in total. The van der Waals surface area contributed by atoms with E-state index in [4.69, 9.17) is 23.2 Å². The molecular weight excluding hydrogens is 395 g/mol. The van der Waals surface area contributed by atoms with Gasteiger partial charge in [0.2, 0.25) is 0 Å². The largest absolute Gasteiger partial charge is 0.357 e. The predicted molar refractivity (Wildman–Crippen MR) is 114 cm³/mol. The minimum absolute atomic E-state index is 0.0668. The van der Waals surface area contributed by atoms with Gasteiger partial charge >= 0.3 is 0 Å². The molecule has 0 spiro atoms. The van der Waals surface area contributed by atoms with Crippen molar-refractivity contribution >= 4 is 40.7 Å². The van der Waals surface area contributed by atoms with E-state index >= 15 is 0 Å². The highest BCUT2D eigenvalue weighted by molar-refractivity contribution is 8.00. The Labute approximate surface area is 173 Å².